The topological polar surface area (TPSA) is 66.4 Å². The summed E-state index contributed by atoms with van der Waals surface area (Å²) in [6.07, 6.45) is 0. The van der Waals surface area contributed by atoms with Gasteiger partial charge in [0.1, 0.15) is 0 Å². The molecule has 1 aromatic rings. The molecule has 98 valence electrons. The monoisotopic (exact) mass is 331 g/mol. The summed E-state index contributed by atoms with van der Waals surface area (Å²) in [6, 6.07) is 7.60. The summed E-state index contributed by atoms with van der Waals surface area (Å²) in [4.78, 5) is 21.8. The van der Waals surface area contributed by atoms with Gasteiger partial charge < -0.3 is 10.4 Å². The van der Waals surface area contributed by atoms with Crippen molar-refractivity contribution in [3.05, 3.63) is 34.3 Å². The number of carboxylic acid groups (broad SMARTS) is 1. The van der Waals surface area contributed by atoms with Crippen LogP contribution in [0.1, 0.15) is 18.5 Å². The molecule has 0 fully saturated rings. The number of carboxylic acids is 1. The van der Waals surface area contributed by atoms with Gasteiger partial charge in [-0.25, -0.2) is 0 Å². The van der Waals surface area contributed by atoms with Crippen LogP contribution in [0, 0.1) is 0 Å². The Morgan fingerprint density at radius 1 is 1.33 bits per heavy atom. The minimum atomic E-state index is -0.909. The zero-order chi connectivity index (χ0) is 13.5. The van der Waals surface area contributed by atoms with Gasteiger partial charge in [0.05, 0.1) is 17.5 Å². The van der Waals surface area contributed by atoms with Crippen molar-refractivity contribution in [1.82, 2.24) is 5.32 Å². The Balaban J connectivity index is 2.39. The SMILES string of the molecule is C[C@@H](NC(=O)CSCC(=O)O)c1ccc(Br)cc1. The summed E-state index contributed by atoms with van der Waals surface area (Å²) in [7, 11) is 0. The first kappa shape index (κ1) is 15.0. The second-order valence-corrected chi connectivity index (χ2v) is 5.63. The number of benzene rings is 1. The van der Waals surface area contributed by atoms with Crippen LogP contribution in [-0.4, -0.2) is 28.5 Å². The third kappa shape index (κ3) is 5.55. The summed E-state index contributed by atoms with van der Waals surface area (Å²) in [5.41, 5.74) is 1.01. The van der Waals surface area contributed by atoms with Crippen molar-refractivity contribution in [3.8, 4) is 0 Å². The Morgan fingerprint density at radius 2 is 1.94 bits per heavy atom. The first-order valence-corrected chi connectivity index (χ1v) is 7.28. The number of rotatable bonds is 6. The second-order valence-electron chi connectivity index (χ2n) is 3.73. The fourth-order valence-corrected chi connectivity index (χ4v) is 2.16. The predicted octanol–water partition coefficient (Wildman–Crippen LogP) is 2.44. The molecule has 0 aliphatic carbocycles. The van der Waals surface area contributed by atoms with E-state index in [-0.39, 0.29) is 23.5 Å². The van der Waals surface area contributed by atoms with E-state index in [0.717, 1.165) is 21.8 Å². The van der Waals surface area contributed by atoms with Gasteiger partial charge in [-0.1, -0.05) is 28.1 Å². The average molecular weight is 332 g/mol. The van der Waals surface area contributed by atoms with E-state index in [2.05, 4.69) is 21.2 Å². The molecule has 0 spiro atoms. The highest BCUT2D eigenvalue weighted by Crippen LogP contribution is 2.16. The van der Waals surface area contributed by atoms with E-state index in [1.165, 1.54) is 0 Å². The highest BCUT2D eigenvalue weighted by atomic mass is 79.9. The summed E-state index contributed by atoms with van der Waals surface area (Å²) in [5, 5.41) is 11.3. The Bertz CT molecular complexity index is 422. The molecule has 0 unspecified atom stereocenters. The summed E-state index contributed by atoms with van der Waals surface area (Å²) < 4.78 is 0.988. The maximum Gasteiger partial charge on any atom is 0.313 e. The van der Waals surface area contributed by atoms with Gasteiger partial charge in [-0.3, -0.25) is 9.59 Å². The van der Waals surface area contributed by atoms with Crippen LogP contribution < -0.4 is 5.32 Å². The molecule has 0 aromatic heterocycles. The number of hydrogen-bond donors (Lipinski definition) is 2. The molecule has 0 bridgehead atoms. The van der Waals surface area contributed by atoms with E-state index in [1.54, 1.807) is 0 Å². The molecule has 18 heavy (non-hydrogen) atoms. The minimum absolute atomic E-state index is 0.0555. The average Bonchev–Trinajstić information content (AvgIpc) is 2.29. The number of carbonyl (C=O) groups excluding carboxylic acids is 1. The number of thioether (sulfide) groups is 1. The number of aliphatic carboxylic acids is 1. The van der Waals surface area contributed by atoms with E-state index >= 15 is 0 Å². The van der Waals surface area contributed by atoms with Gasteiger partial charge in [0.25, 0.3) is 0 Å². The molecule has 1 atom stereocenters. The Kier molecular flexibility index (Phi) is 6.21. The van der Waals surface area contributed by atoms with Gasteiger partial charge in [-0.2, -0.15) is 0 Å². The maximum atomic E-state index is 11.5. The van der Waals surface area contributed by atoms with Crippen molar-refractivity contribution in [2.45, 2.75) is 13.0 Å². The van der Waals surface area contributed by atoms with E-state index in [0.29, 0.717) is 0 Å². The fourth-order valence-electron chi connectivity index (χ4n) is 1.35. The minimum Gasteiger partial charge on any atom is -0.481 e. The van der Waals surface area contributed by atoms with Gasteiger partial charge in [0.2, 0.25) is 5.91 Å². The lowest BCUT2D eigenvalue weighted by molar-refractivity contribution is -0.133. The quantitative estimate of drug-likeness (QED) is 0.840. The number of carbonyl (C=O) groups is 2. The summed E-state index contributed by atoms with van der Waals surface area (Å²) >= 11 is 4.44. The molecule has 0 saturated carbocycles. The predicted molar refractivity (Wildman–Crippen MR) is 75.7 cm³/mol. The third-order valence-corrected chi connectivity index (χ3v) is 3.65. The summed E-state index contributed by atoms with van der Waals surface area (Å²) in [5.74, 6) is -0.960. The molecule has 4 nitrogen and oxygen atoms in total. The number of amides is 1. The van der Waals surface area contributed by atoms with Crippen LogP contribution in [0.3, 0.4) is 0 Å². The van der Waals surface area contributed by atoms with Crippen LogP contribution in [0.15, 0.2) is 28.7 Å². The van der Waals surface area contributed by atoms with E-state index in [9.17, 15) is 9.59 Å². The lowest BCUT2D eigenvalue weighted by Crippen LogP contribution is -2.28. The Morgan fingerprint density at radius 3 is 2.50 bits per heavy atom. The standard InChI is InChI=1S/C12H14BrNO3S/c1-8(9-2-4-10(13)5-3-9)14-11(15)6-18-7-12(16)17/h2-5,8H,6-7H2,1H3,(H,14,15)(H,16,17)/t8-/m1/s1. The number of halogens is 1. The van der Waals surface area contributed by atoms with Gasteiger partial charge in [-0.15, -0.1) is 11.8 Å². The molecule has 0 saturated heterocycles. The maximum absolute atomic E-state index is 11.5. The van der Waals surface area contributed by atoms with Crippen LogP contribution in [0.4, 0.5) is 0 Å². The van der Waals surface area contributed by atoms with Crippen molar-refractivity contribution >= 4 is 39.6 Å². The molecule has 0 aliphatic heterocycles. The van der Waals surface area contributed by atoms with E-state index < -0.39 is 5.97 Å². The molecule has 2 N–H and O–H groups in total. The zero-order valence-electron chi connectivity index (χ0n) is 9.85. The molecule has 0 aliphatic rings. The number of nitrogens with one attached hydrogen (secondary N) is 1. The summed E-state index contributed by atoms with van der Waals surface area (Å²) in [6.45, 7) is 1.89. The first-order valence-electron chi connectivity index (χ1n) is 5.33. The smallest absolute Gasteiger partial charge is 0.313 e. The van der Waals surface area contributed by atoms with Gasteiger partial charge in [0, 0.05) is 4.47 Å². The molecule has 1 rings (SSSR count). The highest BCUT2D eigenvalue weighted by Gasteiger charge is 2.10. The van der Waals surface area contributed by atoms with Gasteiger partial charge >= 0.3 is 5.97 Å². The van der Waals surface area contributed by atoms with Crippen molar-refractivity contribution in [2.75, 3.05) is 11.5 Å². The van der Waals surface area contributed by atoms with Gasteiger partial charge in [0.15, 0.2) is 0 Å². The van der Waals surface area contributed by atoms with Crippen LogP contribution in [0.2, 0.25) is 0 Å². The van der Waals surface area contributed by atoms with Gasteiger partial charge in [-0.05, 0) is 24.6 Å². The molecule has 0 heterocycles. The molecule has 1 amide bonds. The largest absolute Gasteiger partial charge is 0.481 e. The lowest BCUT2D eigenvalue weighted by atomic mass is 10.1. The molecule has 1 aromatic carbocycles. The molecular weight excluding hydrogens is 318 g/mol. The van der Waals surface area contributed by atoms with Crippen molar-refractivity contribution in [2.24, 2.45) is 0 Å². The van der Waals surface area contributed by atoms with Crippen LogP contribution in [-0.2, 0) is 9.59 Å². The van der Waals surface area contributed by atoms with Crippen molar-refractivity contribution in [3.63, 3.8) is 0 Å². The molecular formula is C12H14BrNO3S. The third-order valence-electron chi connectivity index (χ3n) is 2.21. The number of hydrogen-bond acceptors (Lipinski definition) is 3. The first-order chi connectivity index (χ1) is 8.49. The van der Waals surface area contributed by atoms with Crippen LogP contribution >= 0.6 is 27.7 Å². The second kappa shape index (κ2) is 7.43. The Labute approximate surface area is 118 Å². The molecule has 0 radical (unpaired) electrons. The van der Waals surface area contributed by atoms with Crippen LogP contribution in [0.5, 0.6) is 0 Å². The normalized spacial score (nSPS) is 11.9. The van der Waals surface area contributed by atoms with E-state index in [4.69, 9.17) is 5.11 Å². The van der Waals surface area contributed by atoms with E-state index in [1.807, 2.05) is 31.2 Å². The highest BCUT2D eigenvalue weighted by molar-refractivity contribution is 9.10. The van der Waals surface area contributed by atoms with Crippen molar-refractivity contribution in [1.29, 1.82) is 0 Å². The van der Waals surface area contributed by atoms with Crippen molar-refractivity contribution < 1.29 is 14.7 Å². The lowest BCUT2D eigenvalue weighted by Gasteiger charge is -2.14. The van der Waals surface area contributed by atoms with Crippen LogP contribution in [0.25, 0.3) is 0 Å². The molecule has 6 heteroatoms. The zero-order valence-corrected chi connectivity index (χ0v) is 12.3. The fraction of sp³-hybridized carbons (Fsp3) is 0.333. The Hall–Kier alpha value is -1.01.